The molecule has 0 aromatic heterocycles. The average Bonchev–Trinajstić information content (AvgIpc) is 2.42. The van der Waals surface area contributed by atoms with E-state index in [0.29, 0.717) is 24.8 Å². The van der Waals surface area contributed by atoms with Gasteiger partial charge in [-0.2, -0.15) is 0 Å². The van der Waals surface area contributed by atoms with E-state index >= 15 is 0 Å². The summed E-state index contributed by atoms with van der Waals surface area (Å²) in [6.45, 7) is 1.62. The molecule has 0 saturated heterocycles. The predicted molar refractivity (Wildman–Crippen MR) is 77.7 cm³/mol. The molecule has 0 aliphatic rings. The molecule has 6 nitrogen and oxygen atoms in total. The fraction of sp³-hybridized carbons (Fsp3) is 0.429. The van der Waals surface area contributed by atoms with E-state index in [2.05, 4.69) is 4.72 Å². The van der Waals surface area contributed by atoms with Crippen LogP contribution in [0.2, 0.25) is 0 Å². The van der Waals surface area contributed by atoms with E-state index in [1.807, 2.05) is 0 Å². The summed E-state index contributed by atoms with van der Waals surface area (Å²) in [6.07, 6.45) is 1.82. The van der Waals surface area contributed by atoms with Gasteiger partial charge in [0, 0.05) is 18.5 Å². The number of rotatable bonds is 9. The zero-order valence-corrected chi connectivity index (χ0v) is 12.6. The van der Waals surface area contributed by atoms with E-state index < -0.39 is 16.0 Å². The fourth-order valence-corrected chi connectivity index (χ4v) is 2.87. The van der Waals surface area contributed by atoms with Crippen molar-refractivity contribution in [2.24, 2.45) is 0 Å². The van der Waals surface area contributed by atoms with Gasteiger partial charge in [-0.25, -0.2) is 13.1 Å². The second kappa shape index (κ2) is 7.90. The molecule has 0 aliphatic carbocycles. The number of aliphatic carboxylic acids is 1. The van der Waals surface area contributed by atoms with Crippen molar-refractivity contribution < 1.29 is 23.1 Å². The number of carbonyl (C=O) groups excluding carboxylic acids is 1. The predicted octanol–water partition coefficient (Wildman–Crippen LogP) is 1.81. The number of hydrogen-bond acceptors (Lipinski definition) is 4. The second-order valence-corrected chi connectivity index (χ2v) is 6.45. The first kappa shape index (κ1) is 17.3. The first-order valence-electron chi connectivity index (χ1n) is 6.65. The van der Waals surface area contributed by atoms with Gasteiger partial charge in [-0.1, -0.05) is 18.6 Å². The Hall–Kier alpha value is -1.73. The van der Waals surface area contributed by atoms with Crippen LogP contribution in [-0.2, 0) is 14.8 Å². The lowest BCUT2D eigenvalue weighted by Gasteiger charge is -2.07. The van der Waals surface area contributed by atoms with Gasteiger partial charge in [-0.3, -0.25) is 9.59 Å². The monoisotopic (exact) mass is 313 g/mol. The Balaban J connectivity index is 2.52. The summed E-state index contributed by atoms with van der Waals surface area (Å²) < 4.78 is 26.5. The summed E-state index contributed by atoms with van der Waals surface area (Å²) in [6, 6.07) is 5.86. The zero-order chi connectivity index (χ0) is 15.9. The van der Waals surface area contributed by atoms with Gasteiger partial charge in [0.25, 0.3) is 0 Å². The lowest BCUT2D eigenvalue weighted by Crippen LogP contribution is -2.25. The number of carboxylic acid groups (broad SMARTS) is 1. The van der Waals surface area contributed by atoms with Crippen LogP contribution in [0.3, 0.4) is 0 Å². The summed E-state index contributed by atoms with van der Waals surface area (Å²) in [5, 5.41) is 8.48. The minimum Gasteiger partial charge on any atom is -0.481 e. The van der Waals surface area contributed by atoms with Crippen molar-refractivity contribution in [3.05, 3.63) is 29.8 Å². The quantitative estimate of drug-likeness (QED) is 0.535. The van der Waals surface area contributed by atoms with Crippen LogP contribution < -0.4 is 4.72 Å². The van der Waals surface area contributed by atoms with Crippen LogP contribution in [-0.4, -0.2) is 31.8 Å². The Morgan fingerprint density at radius 3 is 2.52 bits per heavy atom. The molecule has 0 unspecified atom stereocenters. The van der Waals surface area contributed by atoms with E-state index in [0.717, 1.165) is 0 Å². The molecular formula is C14H19NO5S. The highest BCUT2D eigenvalue weighted by Crippen LogP contribution is 2.12. The molecule has 0 saturated carbocycles. The molecule has 7 heteroatoms. The largest absolute Gasteiger partial charge is 0.481 e. The maximum absolute atomic E-state index is 12.0. The van der Waals surface area contributed by atoms with Crippen molar-refractivity contribution in [2.45, 2.75) is 37.5 Å². The van der Waals surface area contributed by atoms with Crippen molar-refractivity contribution in [1.29, 1.82) is 0 Å². The number of hydrogen-bond donors (Lipinski definition) is 2. The van der Waals surface area contributed by atoms with Crippen LogP contribution in [0.15, 0.2) is 29.2 Å². The van der Waals surface area contributed by atoms with Gasteiger partial charge in [0.1, 0.15) is 0 Å². The SMILES string of the molecule is CC(=O)c1cccc(S(=O)(=O)NCCCCCC(=O)O)c1. The number of benzene rings is 1. The van der Waals surface area contributed by atoms with Crippen molar-refractivity contribution in [1.82, 2.24) is 4.72 Å². The lowest BCUT2D eigenvalue weighted by molar-refractivity contribution is -0.137. The molecule has 0 aliphatic heterocycles. The molecule has 1 aromatic rings. The van der Waals surface area contributed by atoms with Gasteiger partial charge in [-0.15, -0.1) is 0 Å². The summed E-state index contributed by atoms with van der Waals surface area (Å²) in [5.74, 6) is -1.04. The topological polar surface area (TPSA) is 101 Å². The molecule has 0 amide bonds. The molecular weight excluding hydrogens is 294 g/mol. The van der Waals surface area contributed by atoms with Crippen LogP contribution in [0.1, 0.15) is 43.0 Å². The van der Waals surface area contributed by atoms with Gasteiger partial charge in [0.2, 0.25) is 10.0 Å². The van der Waals surface area contributed by atoms with Crippen LogP contribution >= 0.6 is 0 Å². The van der Waals surface area contributed by atoms with E-state index in [-0.39, 0.29) is 23.6 Å². The summed E-state index contributed by atoms with van der Waals surface area (Å²) >= 11 is 0. The van der Waals surface area contributed by atoms with E-state index in [9.17, 15) is 18.0 Å². The van der Waals surface area contributed by atoms with Crippen LogP contribution in [0, 0.1) is 0 Å². The van der Waals surface area contributed by atoms with Crippen LogP contribution in [0.25, 0.3) is 0 Å². The van der Waals surface area contributed by atoms with Gasteiger partial charge >= 0.3 is 5.97 Å². The molecule has 0 radical (unpaired) electrons. The Morgan fingerprint density at radius 1 is 1.19 bits per heavy atom. The molecule has 0 bridgehead atoms. The Morgan fingerprint density at radius 2 is 1.90 bits per heavy atom. The number of unbranched alkanes of at least 4 members (excludes halogenated alkanes) is 2. The molecule has 1 aromatic carbocycles. The molecule has 1 rings (SSSR count). The van der Waals surface area contributed by atoms with Crippen molar-refractivity contribution >= 4 is 21.8 Å². The van der Waals surface area contributed by atoms with Gasteiger partial charge in [-0.05, 0) is 31.9 Å². The first-order chi connectivity index (χ1) is 9.83. The third-order valence-corrected chi connectivity index (χ3v) is 4.37. The molecule has 0 atom stereocenters. The van der Waals surface area contributed by atoms with E-state index in [1.54, 1.807) is 6.07 Å². The normalized spacial score (nSPS) is 11.3. The van der Waals surface area contributed by atoms with Gasteiger partial charge < -0.3 is 5.11 Å². The van der Waals surface area contributed by atoms with Crippen molar-refractivity contribution in [3.63, 3.8) is 0 Å². The number of carboxylic acids is 1. The molecule has 0 spiro atoms. The minimum atomic E-state index is -3.64. The van der Waals surface area contributed by atoms with E-state index in [1.165, 1.54) is 25.1 Å². The first-order valence-corrected chi connectivity index (χ1v) is 8.14. The Bertz CT molecular complexity index is 610. The summed E-state index contributed by atoms with van der Waals surface area (Å²) in [5.41, 5.74) is 0.347. The third-order valence-electron chi connectivity index (χ3n) is 2.91. The zero-order valence-electron chi connectivity index (χ0n) is 11.8. The molecule has 21 heavy (non-hydrogen) atoms. The maximum atomic E-state index is 12.0. The molecule has 0 fully saturated rings. The maximum Gasteiger partial charge on any atom is 0.303 e. The van der Waals surface area contributed by atoms with Crippen molar-refractivity contribution in [2.75, 3.05) is 6.54 Å². The van der Waals surface area contributed by atoms with Crippen LogP contribution in [0.5, 0.6) is 0 Å². The lowest BCUT2D eigenvalue weighted by atomic mass is 10.2. The number of Topliss-reactive ketones (excluding diaryl/α,β-unsaturated/α-hetero) is 1. The standard InChI is InChI=1S/C14H19NO5S/c1-11(16)12-6-5-7-13(10-12)21(19,20)15-9-4-2-3-8-14(17)18/h5-7,10,15H,2-4,8-9H2,1H3,(H,17,18). The Kier molecular flexibility index (Phi) is 6.51. The number of ketones is 1. The number of nitrogens with one attached hydrogen (secondary N) is 1. The highest BCUT2D eigenvalue weighted by Gasteiger charge is 2.14. The van der Waals surface area contributed by atoms with E-state index in [4.69, 9.17) is 5.11 Å². The highest BCUT2D eigenvalue weighted by atomic mass is 32.2. The van der Waals surface area contributed by atoms with Gasteiger partial charge in [0.05, 0.1) is 4.90 Å². The fourth-order valence-electron chi connectivity index (χ4n) is 1.75. The highest BCUT2D eigenvalue weighted by molar-refractivity contribution is 7.89. The summed E-state index contributed by atoms with van der Waals surface area (Å²) in [7, 11) is -3.64. The minimum absolute atomic E-state index is 0.0562. The molecule has 2 N–H and O–H groups in total. The van der Waals surface area contributed by atoms with Gasteiger partial charge in [0.15, 0.2) is 5.78 Å². The van der Waals surface area contributed by atoms with Crippen molar-refractivity contribution in [3.8, 4) is 0 Å². The average molecular weight is 313 g/mol. The molecule has 0 heterocycles. The number of carbonyl (C=O) groups is 2. The van der Waals surface area contributed by atoms with Crippen LogP contribution in [0.4, 0.5) is 0 Å². The Labute approximate surface area is 124 Å². The second-order valence-electron chi connectivity index (χ2n) is 4.69. The molecule has 116 valence electrons. The summed E-state index contributed by atoms with van der Waals surface area (Å²) in [4.78, 5) is 21.6. The smallest absolute Gasteiger partial charge is 0.303 e. The number of sulfonamides is 1. The third kappa shape index (κ3) is 6.05.